The lowest BCUT2D eigenvalue weighted by Gasteiger charge is -2.21. The monoisotopic (exact) mass is 187 g/mol. The Labute approximate surface area is 67.1 Å². The highest BCUT2D eigenvalue weighted by atomic mass is 79.9. The predicted molar refractivity (Wildman–Crippen MR) is 30.0 cm³/mol. The number of likely N-dealkylation sites (N-methyl/N-ethyl adjacent to an activating group) is 1. The first-order valence-corrected chi connectivity index (χ1v) is 2.04. The molecular weight excluding hydrogens is 170 g/mol. The van der Waals surface area contributed by atoms with E-state index in [1.807, 2.05) is 0 Å². The fourth-order valence-corrected chi connectivity index (χ4v) is 0.150. The third kappa shape index (κ3) is 9.64. The molecule has 0 amide bonds. The highest BCUT2D eigenvalue weighted by molar-refractivity contribution is 4.19. The van der Waals surface area contributed by atoms with E-state index in [-0.39, 0.29) is 21.5 Å². The first-order valence-electron chi connectivity index (χ1n) is 4.04. The predicted octanol–water partition coefficient (Wildman–Crippen LogP) is -3.31. The van der Waals surface area contributed by atoms with Crippen molar-refractivity contribution in [2.75, 3.05) is 34.2 Å². The Morgan fingerprint density at radius 1 is 1.50 bits per heavy atom. The lowest BCUT2D eigenvalue weighted by Crippen LogP contribution is -3.00. The van der Waals surface area contributed by atoms with Gasteiger partial charge in [-0.2, -0.15) is 0 Å². The maximum atomic E-state index is 8.82. The van der Waals surface area contributed by atoms with Gasteiger partial charge < -0.3 is 26.6 Å². The second-order valence-electron chi connectivity index (χ2n) is 2.24. The molecule has 0 aromatic rings. The van der Waals surface area contributed by atoms with E-state index in [4.69, 9.17) is 10.6 Å². The summed E-state index contributed by atoms with van der Waals surface area (Å²) >= 11 is 0. The Kier molecular flexibility index (Phi) is 2.28. The molecule has 0 aromatic carbocycles. The molecule has 0 aliphatic heterocycles. The van der Waals surface area contributed by atoms with E-state index in [9.17, 15) is 0 Å². The quantitative estimate of drug-likeness (QED) is 0.450. The summed E-state index contributed by atoms with van der Waals surface area (Å²) < 4.78 is 27.8. The zero-order valence-electron chi connectivity index (χ0n) is 9.27. The van der Waals surface area contributed by atoms with Crippen LogP contribution in [0.2, 0.25) is 0 Å². The normalized spacial score (nSPS) is 21.5. The van der Waals surface area contributed by atoms with Crippen LogP contribution in [-0.2, 0) is 0 Å². The van der Waals surface area contributed by atoms with Gasteiger partial charge in [0.05, 0.1) is 33.2 Å². The van der Waals surface area contributed by atoms with Crippen molar-refractivity contribution in [2.45, 2.75) is 0 Å². The topological polar surface area (TPSA) is 20.2 Å². The lowest BCUT2D eigenvalue weighted by molar-refractivity contribution is -0.870. The minimum absolute atomic E-state index is 0. The van der Waals surface area contributed by atoms with Crippen molar-refractivity contribution in [1.82, 2.24) is 0 Å². The summed E-state index contributed by atoms with van der Waals surface area (Å²) in [6.45, 7) is -5.11. The van der Waals surface area contributed by atoms with E-state index in [0.717, 1.165) is 0 Å². The van der Waals surface area contributed by atoms with Crippen molar-refractivity contribution in [1.29, 1.82) is 0 Å². The molecule has 0 radical (unpaired) electrons. The molecule has 0 aromatic heterocycles. The first-order chi connectivity index (χ1) is 4.50. The highest BCUT2D eigenvalue weighted by Crippen LogP contribution is 1.84. The molecule has 0 bridgehead atoms. The number of aliphatic hydroxyl groups is 1. The molecular formula is C5H14BrNO. The van der Waals surface area contributed by atoms with E-state index in [0.29, 0.717) is 0 Å². The van der Waals surface area contributed by atoms with Gasteiger partial charge in [-0.25, -0.2) is 0 Å². The van der Waals surface area contributed by atoms with Gasteiger partial charge in [0.15, 0.2) is 0 Å². The van der Waals surface area contributed by atoms with Crippen LogP contribution in [0.5, 0.6) is 0 Å². The van der Waals surface area contributed by atoms with E-state index < -0.39 is 13.1 Å². The van der Waals surface area contributed by atoms with Crippen LogP contribution in [0.15, 0.2) is 0 Å². The van der Waals surface area contributed by atoms with Crippen molar-refractivity contribution in [2.24, 2.45) is 0 Å². The maximum Gasteiger partial charge on any atom is 0.101 e. The Hall–Kier alpha value is 0.400. The van der Waals surface area contributed by atoms with Gasteiger partial charge in [-0.1, -0.05) is 0 Å². The fourth-order valence-electron chi connectivity index (χ4n) is 0.150. The van der Waals surface area contributed by atoms with Gasteiger partial charge in [0.25, 0.3) is 0 Å². The van der Waals surface area contributed by atoms with Crippen LogP contribution in [0.25, 0.3) is 0 Å². The molecule has 0 spiro atoms. The number of rotatable bonds is 2. The molecule has 0 aliphatic rings. The Bertz CT molecular complexity index is 135. The number of hydrogen-bond donors (Lipinski definition) is 1. The van der Waals surface area contributed by atoms with E-state index in [1.165, 1.54) is 21.1 Å². The van der Waals surface area contributed by atoms with Crippen LogP contribution in [-0.4, -0.2) is 43.8 Å². The molecule has 0 heterocycles. The average molecular weight is 188 g/mol. The van der Waals surface area contributed by atoms with Gasteiger partial charge in [-0.15, -0.1) is 0 Å². The van der Waals surface area contributed by atoms with Gasteiger partial charge >= 0.3 is 0 Å². The molecule has 0 fully saturated rings. The number of nitrogens with zero attached hydrogens (tertiary/aromatic N) is 1. The molecule has 0 saturated heterocycles. The third-order valence-electron chi connectivity index (χ3n) is 0.385. The maximum absolute atomic E-state index is 8.82. The standard InChI is InChI=1S/C5H14NO.BrH/c1-6(2,3)4-5-7;/h7H,4-5H2,1-3H3;1H/q+1;/p-1/i4D2,5D2;. The third-order valence-corrected chi connectivity index (χ3v) is 0.385. The van der Waals surface area contributed by atoms with E-state index in [2.05, 4.69) is 0 Å². The average Bonchev–Trinajstić information content (AvgIpc) is 1.58. The Morgan fingerprint density at radius 3 is 1.88 bits per heavy atom. The van der Waals surface area contributed by atoms with Gasteiger partial charge in [0, 0.05) is 0 Å². The summed E-state index contributed by atoms with van der Waals surface area (Å²) in [7, 11) is 4.44. The van der Waals surface area contributed by atoms with Crippen molar-refractivity contribution in [3.8, 4) is 0 Å². The summed E-state index contributed by atoms with van der Waals surface area (Å²) in [5.74, 6) is 0. The zero-order chi connectivity index (χ0) is 9.50. The summed E-state index contributed by atoms with van der Waals surface area (Å²) in [6, 6.07) is 0. The number of halogens is 1. The molecule has 2 nitrogen and oxygen atoms in total. The Morgan fingerprint density at radius 2 is 1.88 bits per heavy atom. The van der Waals surface area contributed by atoms with Crippen molar-refractivity contribution in [3.63, 3.8) is 0 Å². The molecule has 0 atom stereocenters. The minimum atomic E-state index is -2.81. The summed E-state index contributed by atoms with van der Waals surface area (Å²) in [5, 5.41) is 8.82. The molecule has 1 N–H and O–H groups in total. The number of quaternary nitrogens is 1. The summed E-state index contributed by atoms with van der Waals surface area (Å²) in [4.78, 5) is 0. The lowest BCUT2D eigenvalue weighted by atomic mass is 10.5. The van der Waals surface area contributed by atoms with E-state index in [1.54, 1.807) is 0 Å². The van der Waals surface area contributed by atoms with Gasteiger partial charge in [0.2, 0.25) is 0 Å². The molecule has 52 valence electrons. The summed E-state index contributed by atoms with van der Waals surface area (Å²) in [6.07, 6.45) is 0. The van der Waals surface area contributed by atoms with E-state index >= 15 is 0 Å². The van der Waals surface area contributed by atoms with Crippen LogP contribution < -0.4 is 17.0 Å². The van der Waals surface area contributed by atoms with Crippen LogP contribution in [0.1, 0.15) is 5.48 Å². The Balaban J connectivity index is 0. The summed E-state index contributed by atoms with van der Waals surface area (Å²) in [5.41, 5.74) is 0. The van der Waals surface area contributed by atoms with Crippen molar-refractivity contribution in [3.05, 3.63) is 0 Å². The van der Waals surface area contributed by atoms with Gasteiger partial charge in [-0.3, -0.25) is 0 Å². The molecule has 0 aliphatic carbocycles. The minimum Gasteiger partial charge on any atom is -1.00 e. The highest BCUT2D eigenvalue weighted by Gasteiger charge is 2.02. The van der Waals surface area contributed by atoms with Gasteiger partial charge in [-0.05, 0) is 0 Å². The first kappa shape index (κ1) is 4.25. The van der Waals surface area contributed by atoms with Crippen molar-refractivity contribution < 1.29 is 32.1 Å². The molecule has 0 saturated carbocycles. The van der Waals surface area contributed by atoms with Gasteiger partial charge in [0.1, 0.15) is 6.50 Å². The SMILES string of the molecule is [2H]C([2H])(O)C([2H])([2H])[N+](C)(C)C.[Br-]. The second-order valence-corrected chi connectivity index (χ2v) is 2.24. The number of hydrogen-bond acceptors (Lipinski definition) is 1. The largest absolute Gasteiger partial charge is 1.00 e. The van der Waals surface area contributed by atoms with Crippen LogP contribution in [0.3, 0.4) is 0 Å². The smallest absolute Gasteiger partial charge is 0.101 e. The van der Waals surface area contributed by atoms with Crippen molar-refractivity contribution >= 4 is 0 Å². The zero-order valence-corrected chi connectivity index (χ0v) is 6.86. The molecule has 8 heavy (non-hydrogen) atoms. The van der Waals surface area contributed by atoms with Crippen LogP contribution in [0, 0.1) is 0 Å². The van der Waals surface area contributed by atoms with Crippen LogP contribution in [0.4, 0.5) is 0 Å². The molecule has 3 heteroatoms. The molecule has 0 unspecified atom stereocenters. The molecule has 0 rings (SSSR count). The fraction of sp³-hybridized carbons (Fsp3) is 1.00. The van der Waals surface area contributed by atoms with Crippen LogP contribution >= 0.6 is 0 Å². The second kappa shape index (κ2) is 4.30.